The van der Waals surface area contributed by atoms with Crippen LogP contribution < -0.4 is 14.8 Å². The van der Waals surface area contributed by atoms with E-state index in [-0.39, 0.29) is 17.4 Å². The average molecular weight is 403 g/mol. The minimum absolute atomic E-state index is 0.0154. The number of nitrogens with zero attached hydrogens (tertiary/aromatic N) is 2. The number of rotatable bonds is 7. The summed E-state index contributed by atoms with van der Waals surface area (Å²) in [4.78, 5) is 8.27. The van der Waals surface area contributed by atoms with Crippen molar-refractivity contribution < 1.29 is 18.3 Å². The number of ether oxygens (including phenoxy) is 2. The van der Waals surface area contributed by atoms with E-state index >= 15 is 0 Å². The van der Waals surface area contributed by atoms with Gasteiger partial charge in [0.2, 0.25) is 5.95 Å². The molecular formula is C20H19F2N3O2S. The van der Waals surface area contributed by atoms with E-state index < -0.39 is 11.6 Å². The first-order valence-corrected chi connectivity index (χ1v) is 9.73. The quantitative estimate of drug-likeness (QED) is 0.596. The fourth-order valence-electron chi connectivity index (χ4n) is 2.71. The van der Waals surface area contributed by atoms with Crippen molar-refractivity contribution in [3.8, 4) is 22.8 Å². The predicted octanol–water partition coefficient (Wildman–Crippen LogP) is 5.05. The van der Waals surface area contributed by atoms with E-state index in [0.29, 0.717) is 17.0 Å². The maximum Gasteiger partial charge on any atom is 0.227 e. The van der Waals surface area contributed by atoms with Crippen LogP contribution in [0, 0.1) is 11.6 Å². The Hall–Kier alpha value is -2.87. The second kappa shape index (κ2) is 8.88. The number of hydrogen-bond acceptors (Lipinski definition) is 6. The van der Waals surface area contributed by atoms with Gasteiger partial charge in [-0.2, -0.15) is 11.8 Å². The first kappa shape index (κ1) is 19.9. The van der Waals surface area contributed by atoms with E-state index in [0.717, 1.165) is 17.5 Å². The summed E-state index contributed by atoms with van der Waals surface area (Å²) in [6.45, 7) is 0. The van der Waals surface area contributed by atoms with Crippen LogP contribution in [-0.4, -0.2) is 30.4 Å². The van der Waals surface area contributed by atoms with Crippen molar-refractivity contribution in [3.63, 3.8) is 0 Å². The van der Waals surface area contributed by atoms with E-state index in [4.69, 9.17) is 9.47 Å². The standard InChI is InChI=1S/C20H19F2N3O2S/c1-26-15-7-12(11-28-3)6-14(9-15)24-20-23-10-17(22)19(25-20)16-5-4-13(21)8-18(16)27-2/h4-10H,11H2,1-3H3,(H,23,24,25). The van der Waals surface area contributed by atoms with Gasteiger partial charge in [0, 0.05) is 29.1 Å². The highest BCUT2D eigenvalue weighted by Gasteiger charge is 2.15. The lowest BCUT2D eigenvalue weighted by molar-refractivity contribution is 0.412. The molecule has 0 spiro atoms. The van der Waals surface area contributed by atoms with Gasteiger partial charge in [0.15, 0.2) is 5.82 Å². The molecule has 0 bridgehead atoms. The number of hydrogen-bond donors (Lipinski definition) is 1. The van der Waals surface area contributed by atoms with Crippen LogP contribution in [0.4, 0.5) is 20.4 Å². The first-order chi connectivity index (χ1) is 13.5. The van der Waals surface area contributed by atoms with Crippen LogP contribution in [0.25, 0.3) is 11.3 Å². The molecule has 0 unspecified atom stereocenters. The highest BCUT2D eigenvalue weighted by Crippen LogP contribution is 2.32. The lowest BCUT2D eigenvalue weighted by Gasteiger charge is -2.12. The monoisotopic (exact) mass is 403 g/mol. The van der Waals surface area contributed by atoms with Crippen LogP contribution in [0.1, 0.15) is 5.56 Å². The number of methoxy groups -OCH3 is 2. The van der Waals surface area contributed by atoms with Crippen LogP contribution in [0.5, 0.6) is 11.5 Å². The SMILES string of the molecule is COc1cc(CSC)cc(Nc2ncc(F)c(-c3ccc(F)cc3OC)n2)c1. The lowest BCUT2D eigenvalue weighted by atomic mass is 10.1. The molecule has 0 atom stereocenters. The van der Waals surface area contributed by atoms with Crippen molar-refractivity contribution in [1.82, 2.24) is 9.97 Å². The Labute approximate surface area is 166 Å². The van der Waals surface area contributed by atoms with Crippen LogP contribution in [0.15, 0.2) is 42.6 Å². The molecule has 2 aromatic carbocycles. The molecule has 1 aromatic heterocycles. The van der Waals surface area contributed by atoms with Crippen LogP contribution in [0.3, 0.4) is 0 Å². The molecule has 0 aliphatic carbocycles. The molecule has 8 heteroatoms. The zero-order valence-corrected chi connectivity index (χ0v) is 16.4. The number of benzene rings is 2. The number of nitrogens with one attached hydrogen (secondary N) is 1. The summed E-state index contributed by atoms with van der Waals surface area (Å²) >= 11 is 1.69. The van der Waals surface area contributed by atoms with Gasteiger partial charge in [-0.25, -0.2) is 18.7 Å². The van der Waals surface area contributed by atoms with Gasteiger partial charge < -0.3 is 14.8 Å². The fraction of sp³-hybridized carbons (Fsp3) is 0.200. The van der Waals surface area contributed by atoms with Crippen molar-refractivity contribution in [3.05, 3.63) is 59.8 Å². The summed E-state index contributed by atoms with van der Waals surface area (Å²) in [7, 11) is 2.98. The molecule has 1 N–H and O–H groups in total. The molecule has 0 saturated carbocycles. The van der Waals surface area contributed by atoms with E-state index in [1.807, 2.05) is 18.4 Å². The molecule has 0 aliphatic rings. The zero-order valence-electron chi connectivity index (χ0n) is 15.6. The highest BCUT2D eigenvalue weighted by atomic mass is 32.2. The summed E-state index contributed by atoms with van der Waals surface area (Å²) in [5, 5.41) is 3.07. The maximum absolute atomic E-state index is 14.4. The molecule has 28 heavy (non-hydrogen) atoms. The summed E-state index contributed by atoms with van der Waals surface area (Å²) in [6.07, 6.45) is 3.08. The van der Waals surface area contributed by atoms with Crippen molar-refractivity contribution in [2.75, 3.05) is 25.8 Å². The number of thioether (sulfide) groups is 1. The Kier molecular flexibility index (Phi) is 6.30. The van der Waals surface area contributed by atoms with Crippen molar-refractivity contribution in [2.45, 2.75) is 5.75 Å². The van der Waals surface area contributed by atoms with Gasteiger partial charge in [0.05, 0.1) is 20.4 Å². The lowest BCUT2D eigenvalue weighted by Crippen LogP contribution is -2.02. The van der Waals surface area contributed by atoms with E-state index in [1.54, 1.807) is 24.9 Å². The third-order valence-electron chi connectivity index (χ3n) is 3.93. The number of aromatic nitrogens is 2. The van der Waals surface area contributed by atoms with Crippen LogP contribution in [0.2, 0.25) is 0 Å². The zero-order chi connectivity index (χ0) is 20.1. The number of halogens is 2. The maximum atomic E-state index is 14.4. The fourth-order valence-corrected chi connectivity index (χ4v) is 3.21. The van der Waals surface area contributed by atoms with Crippen LogP contribution in [-0.2, 0) is 5.75 Å². The van der Waals surface area contributed by atoms with Crippen molar-refractivity contribution in [1.29, 1.82) is 0 Å². The van der Waals surface area contributed by atoms with Gasteiger partial charge in [-0.3, -0.25) is 0 Å². The van der Waals surface area contributed by atoms with E-state index in [1.165, 1.54) is 25.3 Å². The van der Waals surface area contributed by atoms with Gasteiger partial charge in [-0.15, -0.1) is 0 Å². The minimum Gasteiger partial charge on any atom is -0.497 e. The van der Waals surface area contributed by atoms with Gasteiger partial charge in [0.25, 0.3) is 0 Å². The van der Waals surface area contributed by atoms with E-state index in [9.17, 15) is 8.78 Å². The molecule has 146 valence electrons. The molecule has 0 saturated heterocycles. The highest BCUT2D eigenvalue weighted by molar-refractivity contribution is 7.97. The smallest absolute Gasteiger partial charge is 0.227 e. The first-order valence-electron chi connectivity index (χ1n) is 8.34. The Balaban J connectivity index is 1.98. The molecule has 0 radical (unpaired) electrons. The molecule has 1 heterocycles. The molecular weight excluding hydrogens is 384 g/mol. The van der Waals surface area contributed by atoms with Crippen molar-refractivity contribution >= 4 is 23.4 Å². The van der Waals surface area contributed by atoms with Gasteiger partial charge in [-0.05, 0) is 36.1 Å². The third-order valence-corrected chi connectivity index (χ3v) is 4.55. The Bertz CT molecular complexity index is 986. The minimum atomic E-state index is -0.635. The Morgan fingerprint density at radius 1 is 1.07 bits per heavy atom. The molecule has 0 fully saturated rings. The summed E-state index contributed by atoms with van der Waals surface area (Å²) < 4.78 is 38.3. The molecule has 3 aromatic rings. The Morgan fingerprint density at radius 2 is 1.89 bits per heavy atom. The second-order valence-corrected chi connectivity index (χ2v) is 6.73. The molecule has 3 rings (SSSR count). The second-order valence-electron chi connectivity index (χ2n) is 5.86. The molecule has 0 amide bonds. The van der Waals surface area contributed by atoms with E-state index in [2.05, 4.69) is 15.3 Å². The topological polar surface area (TPSA) is 56.3 Å². The third kappa shape index (κ3) is 4.51. The largest absolute Gasteiger partial charge is 0.497 e. The molecule has 0 aliphatic heterocycles. The average Bonchev–Trinajstić information content (AvgIpc) is 2.69. The normalized spacial score (nSPS) is 10.6. The van der Waals surface area contributed by atoms with Gasteiger partial charge in [0.1, 0.15) is 23.0 Å². The summed E-state index contributed by atoms with van der Waals surface area (Å²) in [5.74, 6) is 0.777. The predicted molar refractivity (Wildman–Crippen MR) is 107 cm³/mol. The van der Waals surface area contributed by atoms with Gasteiger partial charge >= 0.3 is 0 Å². The van der Waals surface area contributed by atoms with Crippen LogP contribution >= 0.6 is 11.8 Å². The van der Waals surface area contributed by atoms with Crippen molar-refractivity contribution in [2.24, 2.45) is 0 Å². The van der Waals surface area contributed by atoms with Gasteiger partial charge in [-0.1, -0.05) is 0 Å². The molecule has 5 nitrogen and oxygen atoms in total. The summed E-state index contributed by atoms with van der Waals surface area (Å²) in [5.41, 5.74) is 2.13. The Morgan fingerprint density at radius 3 is 2.61 bits per heavy atom. The number of anilines is 2. The summed E-state index contributed by atoms with van der Waals surface area (Å²) in [6, 6.07) is 9.52.